The number of benzene rings is 2. The summed E-state index contributed by atoms with van der Waals surface area (Å²) in [5.41, 5.74) is 4.28. The van der Waals surface area contributed by atoms with E-state index in [2.05, 4.69) is 5.43 Å². The van der Waals surface area contributed by atoms with E-state index in [4.69, 9.17) is 23.2 Å². The number of aryl methyl sites for hydroxylation is 2. The van der Waals surface area contributed by atoms with Gasteiger partial charge in [-0.15, -0.1) is 4.83 Å². The largest absolute Gasteiger partial charge is 0.273 e. The van der Waals surface area contributed by atoms with Crippen molar-refractivity contribution in [3.8, 4) is 0 Å². The van der Waals surface area contributed by atoms with Gasteiger partial charge < -0.3 is 0 Å². The number of nitrogens with one attached hydrogen (secondary N) is 2. The average molecular weight is 373 g/mol. The van der Waals surface area contributed by atoms with E-state index in [1.165, 1.54) is 18.2 Å². The van der Waals surface area contributed by atoms with Crippen LogP contribution in [-0.4, -0.2) is 14.3 Å². The molecule has 2 aromatic carbocycles. The molecule has 0 radical (unpaired) electrons. The number of rotatable bonds is 4. The predicted octanol–water partition coefficient (Wildman–Crippen LogP) is 3.23. The minimum atomic E-state index is -4.04. The van der Waals surface area contributed by atoms with Crippen molar-refractivity contribution in [2.75, 3.05) is 0 Å². The Kier molecular flexibility index (Phi) is 5.31. The highest BCUT2D eigenvalue weighted by atomic mass is 35.5. The molecule has 0 saturated heterocycles. The molecule has 0 aromatic heterocycles. The maximum atomic E-state index is 12.2. The summed E-state index contributed by atoms with van der Waals surface area (Å²) in [5, 5.41) is -0.00215. The maximum absolute atomic E-state index is 12.2. The second-order valence-electron chi connectivity index (χ2n) is 4.93. The molecule has 2 aromatic rings. The highest BCUT2D eigenvalue weighted by Crippen LogP contribution is 2.28. The fourth-order valence-electron chi connectivity index (χ4n) is 2.00. The van der Waals surface area contributed by atoms with E-state index in [9.17, 15) is 13.2 Å². The number of hydrazine groups is 1. The number of sulfonamides is 1. The van der Waals surface area contributed by atoms with Gasteiger partial charge in [-0.25, -0.2) is 8.42 Å². The zero-order valence-electron chi connectivity index (χ0n) is 12.4. The molecule has 0 spiro atoms. The number of halogens is 2. The van der Waals surface area contributed by atoms with Crippen LogP contribution in [0.2, 0.25) is 10.0 Å². The van der Waals surface area contributed by atoms with Gasteiger partial charge in [-0.1, -0.05) is 47.0 Å². The highest BCUT2D eigenvalue weighted by molar-refractivity contribution is 7.89. The number of carbonyl (C=O) groups is 1. The van der Waals surface area contributed by atoms with Crippen molar-refractivity contribution in [2.45, 2.75) is 18.7 Å². The fraction of sp³-hybridized carbons (Fsp3) is 0.133. The average Bonchev–Trinajstić information content (AvgIpc) is 2.47. The Labute approximate surface area is 144 Å². The first kappa shape index (κ1) is 17.7. The summed E-state index contributed by atoms with van der Waals surface area (Å²) in [7, 11) is -4.04. The lowest BCUT2D eigenvalue weighted by molar-refractivity contribution is 0.0944. The van der Waals surface area contributed by atoms with Crippen LogP contribution in [0.25, 0.3) is 0 Å². The van der Waals surface area contributed by atoms with Crippen LogP contribution in [0.1, 0.15) is 21.5 Å². The standard InChI is InChI=1S/C15H14Cl2N2O3S/c1-9-6-7-11(10(2)8-9)15(20)18-19-23(21,22)13-5-3-4-12(16)14(13)17/h3-8,19H,1-2H3,(H,18,20). The highest BCUT2D eigenvalue weighted by Gasteiger charge is 2.20. The summed E-state index contributed by atoms with van der Waals surface area (Å²) >= 11 is 11.7. The van der Waals surface area contributed by atoms with E-state index < -0.39 is 15.9 Å². The zero-order chi connectivity index (χ0) is 17.2. The Balaban J connectivity index is 2.19. The molecule has 0 fully saturated rings. The van der Waals surface area contributed by atoms with E-state index in [1.807, 2.05) is 17.8 Å². The van der Waals surface area contributed by atoms with Crippen LogP contribution in [0.15, 0.2) is 41.3 Å². The third-order valence-corrected chi connectivity index (χ3v) is 5.35. The van der Waals surface area contributed by atoms with Gasteiger partial charge in [-0.3, -0.25) is 10.2 Å². The van der Waals surface area contributed by atoms with Crippen molar-refractivity contribution in [2.24, 2.45) is 0 Å². The molecule has 0 saturated carbocycles. The maximum Gasteiger partial charge on any atom is 0.266 e. The Hall–Kier alpha value is -1.60. The quantitative estimate of drug-likeness (QED) is 0.808. The first-order chi connectivity index (χ1) is 10.7. The molecule has 8 heteroatoms. The normalized spacial score (nSPS) is 11.3. The van der Waals surface area contributed by atoms with E-state index in [-0.39, 0.29) is 14.9 Å². The van der Waals surface area contributed by atoms with Gasteiger partial charge in [0.25, 0.3) is 15.9 Å². The molecule has 0 heterocycles. The molecule has 122 valence electrons. The minimum absolute atomic E-state index is 0.107. The molecule has 1 amide bonds. The van der Waals surface area contributed by atoms with E-state index in [1.54, 1.807) is 19.1 Å². The third kappa shape index (κ3) is 4.03. The van der Waals surface area contributed by atoms with Gasteiger partial charge in [0.2, 0.25) is 0 Å². The summed E-state index contributed by atoms with van der Waals surface area (Å²) in [6.07, 6.45) is 0. The molecule has 5 nitrogen and oxygen atoms in total. The van der Waals surface area contributed by atoms with Crippen molar-refractivity contribution in [3.05, 3.63) is 63.1 Å². The SMILES string of the molecule is Cc1ccc(C(=O)NNS(=O)(=O)c2cccc(Cl)c2Cl)c(C)c1. The monoisotopic (exact) mass is 372 g/mol. The molecule has 2 N–H and O–H groups in total. The van der Waals surface area contributed by atoms with Gasteiger partial charge in [-0.2, -0.15) is 0 Å². The first-order valence-electron chi connectivity index (χ1n) is 6.56. The number of carbonyl (C=O) groups excluding carboxylic acids is 1. The Morgan fingerprint density at radius 1 is 1.09 bits per heavy atom. The zero-order valence-corrected chi connectivity index (χ0v) is 14.7. The summed E-state index contributed by atoms with van der Waals surface area (Å²) in [6.45, 7) is 3.67. The molecule has 0 aliphatic heterocycles. The summed E-state index contributed by atoms with van der Waals surface area (Å²) < 4.78 is 24.4. The van der Waals surface area contributed by atoms with Gasteiger partial charge in [0, 0.05) is 5.56 Å². The number of hydrogen-bond acceptors (Lipinski definition) is 3. The van der Waals surface area contributed by atoms with Crippen LogP contribution in [0.3, 0.4) is 0 Å². The molecule has 2 rings (SSSR count). The molecule has 0 aliphatic carbocycles. The number of amides is 1. The summed E-state index contributed by atoms with van der Waals surface area (Å²) in [4.78, 5) is 13.9. The van der Waals surface area contributed by atoms with Crippen LogP contribution in [0.4, 0.5) is 0 Å². The smallest absolute Gasteiger partial charge is 0.266 e. The molecule has 0 atom stereocenters. The molecule has 23 heavy (non-hydrogen) atoms. The van der Waals surface area contributed by atoms with Crippen LogP contribution in [0.5, 0.6) is 0 Å². The Bertz CT molecular complexity index is 867. The fourth-order valence-corrected chi connectivity index (χ4v) is 3.60. The second-order valence-corrected chi connectivity index (χ2v) is 7.37. The minimum Gasteiger partial charge on any atom is -0.273 e. The van der Waals surface area contributed by atoms with Gasteiger partial charge >= 0.3 is 0 Å². The third-order valence-electron chi connectivity index (χ3n) is 3.13. The first-order valence-corrected chi connectivity index (χ1v) is 8.79. The van der Waals surface area contributed by atoms with Crippen molar-refractivity contribution in [1.29, 1.82) is 0 Å². The predicted molar refractivity (Wildman–Crippen MR) is 90.2 cm³/mol. The van der Waals surface area contributed by atoms with Crippen LogP contribution in [0, 0.1) is 13.8 Å². The van der Waals surface area contributed by atoms with E-state index >= 15 is 0 Å². The summed E-state index contributed by atoms with van der Waals surface area (Å²) in [6, 6.07) is 9.44. The molecular formula is C15H14Cl2N2O3S. The van der Waals surface area contributed by atoms with Gasteiger partial charge in [0.05, 0.1) is 10.0 Å². The molecular weight excluding hydrogens is 359 g/mol. The van der Waals surface area contributed by atoms with Crippen molar-refractivity contribution >= 4 is 39.1 Å². The van der Waals surface area contributed by atoms with Crippen LogP contribution in [-0.2, 0) is 10.0 Å². The van der Waals surface area contributed by atoms with Gasteiger partial charge in [-0.05, 0) is 37.6 Å². The molecule has 0 bridgehead atoms. The lowest BCUT2D eigenvalue weighted by atomic mass is 10.1. The van der Waals surface area contributed by atoms with Gasteiger partial charge in [0.15, 0.2) is 0 Å². The van der Waals surface area contributed by atoms with Crippen molar-refractivity contribution in [1.82, 2.24) is 10.3 Å². The molecule has 0 unspecified atom stereocenters. The lowest BCUT2D eigenvalue weighted by Gasteiger charge is -2.11. The van der Waals surface area contributed by atoms with E-state index in [0.29, 0.717) is 5.56 Å². The van der Waals surface area contributed by atoms with E-state index in [0.717, 1.165) is 11.1 Å². The lowest BCUT2D eigenvalue weighted by Crippen LogP contribution is -2.41. The van der Waals surface area contributed by atoms with Crippen LogP contribution < -0.4 is 10.3 Å². The van der Waals surface area contributed by atoms with Gasteiger partial charge in [0.1, 0.15) is 4.90 Å². The van der Waals surface area contributed by atoms with Crippen molar-refractivity contribution < 1.29 is 13.2 Å². The Morgan fingerprint density at radius 3 is 2.43 bits per heavy atom. The Morgan fingerprint density at radius 2 is 1.78 bits per heavy atom. The summed E-state index contributed by atoms with van der Waals surface area (Å²) in [5.74, 6) is -0.566. The second kappa shape index (κ2) is 6.88. The van der Waals surface area contributed by atoms with Crippen LogP contribution >= 0.6 is 23.2 Å². The van der Waals surface area contributed by atoms with Crippen molar-refractivity contribution in [3.63, 3.8) is 0 Å². The topological polar surface area (TPSA) is 75.3 Å². The number of hydrogen-bond donors (Lipinski definition) is 2. The molecule has 0 aliphatic rings.